The van der Waals surface area contributed by atoms with E-state index >= 15 is 0 Å². The van der Waals surface area contributed by atoms with E-state index in [9.17, 15) is 18.4 Å². The first-order valence-corrected chi connectivity index (χ1v) is 7.74. The molecule has 0 fully saturated rings. The summed E-state index contributed by atoms with van der Waals surface area (Å²) >= 11 is 0. The van der Waals surface area contributed by atoms with E-state index in [0.29, 0.717) is 5.69 Å². The van der Waals surface area contributed by atoms with Gasteiger partial charge in [0.1, 0.15) is 23.3 Å². The highest BCUT2D eigenvalue weighted by atomic mass is 19.1. The molecule has 0 saturated carbocycles. The molecule has 2 rings (SSSR count). The lowest BCUT2D eigenvalue weighted by atomic mass is 10.2. The highest BCUT2D eigenvalue weighted by Gasteiger charge is 2.09. The zero-order valence-electron chi connectivity index (χ0n) is 13.7. The Hall–Kier alpha value is -3.47. The zero-order chi connectivity index (χ0) is 18.9. The average Bonchev–Trinajstić information content (AvgIpc) is 2.64. The van der Waals surface area contributed by atoms with E-state index in [0.717, 1.165) is 12.1 Å². The first kappa shape index (κ1) is 18.9. The number of nitriles is 1. The number of hydrogen-bond acceptors (Lipinski definition) is 4. The average molecular weight is 358 g/mol. The highest BCUT2D eigenvalue weighted by Crippen LogP contribution is 2.17. The summed E-state index contributed by atoms with van der Waals surface area (Å²) in [4.78, 5) is 23.5. The Morgan fingerprint density at radius 1 is 1.00 bits per heavy atom. The predicted molar refractivity (Wildman–Crippen MR) is 91.3 cm³/mol. The minimum absolute atomic E-state index is 0.0922. The number of nitrogens with zero attached hydrogens (tertiary/aromatic N) is 1. The van der Waals surface area contributed by atoms with Gasteiger partial charge in [-0.25, -0.2) is 8.78 Å². The molecule has 0 spiro atoms. The maximum absolute atomic E-state index is 13.4. The second-order valence-electron chi connectivity index (χ2n) is 5.24. The van der Waals surface area contributed by atoms with E-state index < -0.39 is 23.4 Å². The number of amides is 2. The number of carbonyl (C=O) groups excluding carboxylic acids is 2. The molecule has 2 aromatic rings. The van der Waals surface area contributed by atoms with Gasteiger partial charge in [0.05, 0.1) is 12.2 Å². The SMILES string of the molecule is N#Cc1c(F)cccc1NCCNC(=O)CNC(=O)c1ccc(F)cc1. The van der Waals surface area contributed by atoms with Gasteiger partial charge in [-0.3, -0.25) is 9.59 Å². The van der Waals surface area contributed by atoms with Crippen molar-refractivity contribution in [2.45, 2.75) is 0 Å². The number of nitrogens with one attached hydrogen (secondary N) is 3. The fourth-order valence-corrected chi connectivity index (χ4v) is 2.11. The lowest BCUT2D eigenvalue weighted by Gasteiger charge is -2.10. The van der Waals surface area contributed by atoms with Gasteiger partial charge in [-0.15, -0.1) is 0 Å². The normalized spacial score (nSPS) is 9.88. The van der Waals surface area contributed by atoms with Crippen molar-refractivity contribution in [1.82, 2.24) is 10.6 Å². The van der Waals surface area contributed by atoms with Crippen LogP contribution in [0, 0.1) is 23.0 Å². The lowest BCUT2D eigenvalue weighted by Crippen LogP contribution is -2.38. The van der Waals surface area contributed by atoms with Crippen molar-refractivity contribution in [2.75, 3.05) is 25.0 Å². The van der Waals surface area contributed by atoms with Crippen LogP contribution in [0.25, 0.3) is 0 Å². The van der Waals surface area contributed by atoms with Gasteiger partial charge in [-0.2, -0.15) is 5.26 Å². The molecule has 0 unspecified atom stereocenters. The monoisotopic (exact) mass is 358 g/mol. The fraction of sp³-hybridized carbons (Fsp3) is 0.167. The number of benzene rings is 2. The molecule has 0 aliphatic heterocycles. The zero-order valence-corrected chi connectivity index (χ0v) is 13.7. The summed E-state index contributed by atoms with van der Waals surface area (Å²) in [7, 11) is 0. The number of rotatable bonds is 7. The quantitative estimate of drug-likeness (QED) is 0.658. The van der Waals surface area contributed by atoms with Gasteiger partial charge >= 0.3 is 0 Å². The Bertz CT molecular complexity index is 832. The van der Waals surface area contributed by atoms with Crippen LogP contribution in [0.2, 0.25) is 0 Å². The van der Waals surface area contributed by atoms with E-state index in [-0.39, 0.29) is 30.8 Å². The van der Waals surface area contributed by atoms with Crippen molar-refractivity contribution < 1.29 is 18.4 Å². The Labute approximate surface area is 148 Å². The molecular weight excluding hydrogens is 342 g/mol. The highest BCUT2D eigenvalue weighted by molar-refractivity contribution is 5.96. The van der Waals surface area contributed by atoms with E-state index in [2.05, 4.69) is 16.0 Å². The van der Waals surface area contributed by atoms with Crippen molar-refractivity contribution in [3.63, 3.8) is 0 Å². The second-order valence-corrected chi connectivity index (χ2v) is 5.24. The van der Waals surface area contributed by atoms with Gasteiger partial charge in [0, 0.05) is 18.7 Å². The molecule has 8 heteroatoms. The number of hydrogen-bond donors (Lipinski definition) is 3. The van der Waals surface area contributed by atoms with E-state index in [4.69, 9.17) is 5.26 Å². The molecule has 6 nitrogen and oxygen atoms in total. The van der Waals surface area contributed by atoms with Gasteiger partial charge in [-0.1, -0.05) is 6.07 Å². The number of halogens is 2. The third-order valence-corrected chi connectivity index (χ3v) is 3.40. The molecule has 0 aromatic heterocycles. The Morgan fingerprint density at radius 2 is 1.73 bits per heavy atom. The molecule has 0 bridgehead atoms. The molecule has 2 aromatic carbocycles. The van der Waals surface area contributed by atoms with Crippen LogP contribution in [-0.2, 0) is 4.79 Å². The first-order valence-electron chi connectivity index (χ1n) is 7.74. The van der Waals surface area contributed by atoms with Crippen molar-refractivity contribution in [3.8, 4) is 6.07 Å². The van der Waals surface area contributed by atoms with Gasteiger partial charge in [0.25, 0.3) is 5.91 Å². The largest absolute Gasteiger partial charge is 0.382 e. The molecule has 0 saturated heterocycles. The molecule has 2 amide bonds. The fourth-order valence-electron chi connectivity index (χ4n) is 2.11. The third-order valence-electron chi connectivity index (χ3n) is 3.40. The minimum Gasteiger partial charge on any atom is -0.382 e. The molecule has 134 valence electrons. The maximum atomic E-state index is 13.4. The van der Waals surface area contributed by atoms with E-state index in [1.807, 2.05) is 0 Å². The maximum Gasteiger partial charge on any atom is 0.251 e. The first-order chi connectivity index (χ1) is 12.5. The smallest absolute Gasteiger partial charge is 0.251 e. The number of anilines is 1. The van der Waals surface area contributed by atoms with E-state index in [1.165, 1.54) is 24.3 Å². The minimum atomic E-state index is -0.620. The Morgan fingerprint density at radius 3 is 2.42 bits per heavy atom. The Kier molecular flexibility index (Phi) is 6.62. The van der Waals surface area contributed by atoms with Crippen LogP contribution in [-0.4, -0.2) is 31.4 Å². The third kappa shape index (κ3) is 5.27. The molecule has 0 heterocycles. The Balaban J connectivity index is 1.71. The molecule has 3 N–H and O–H groups in total. The van der Waals surface area contributed by atoms with Gasteiger partial charge in [0.15, 0.2) is 0 Å². The summed E-state index contributed by atoms with van der Waals surface area (Å²) in [6.45, 7) is 0.252. The van der Waals surface area contributed by atoms with Crippen LogP contribution in [0.1, 0.15) is 15.9 Å². The topological polar surface area (TPSA) is 94.0 Å². The standard InChI is InChI=1S/C18H16F2N4O2/c19-13-6-4-12(5-7-13)18(26)24-11-17(25)23-9-8-22-16-3-1-2-15(20)14(16)10-21/h1-7,22H,8-9,11H2,(H,23,25)(H,24,26). The van der Waals surface area contributed by atoms with Crippen LogP contribution in [0.15, 0.2) is 42.5 Å². The molecule has 26 heavy (non-hydrogen) atoms. The van der Waals surface area contributed by atoms with Crippen molar-refractivity contribution in [3.05, 3.63) is 65.2 Å². The molecule has 0 aliphatic carbocycles. The van der Waals surface area contributed by atoms with E-state index in [1.54, 1.807) is 12.1 Å². The van der Waals surface area contributed by atoms with Gasteiger partial charge in [0.2, 0.25) is 5.91 Å². The summed E-state index contributed by atoms with van der Waals surface area (Å²) in [6.07, 6.45) is 0. The molecule has 0 radical (unpaired) electrons. The van der Waals surface area contributed by atoms with Crippen molar-refractivity contribution >= 4 is 17.5 Å². The summed E-state index contributed by atoms with van der Waals surface area (Å²) in [5, 5.41) is 16.8. The second kappa shape index (κ2) is 9.13. The summed E-state index contributed by atoms with van der Waals surface area (Å²) in [6, 6.07) is 10.9. The van der Waals surface area contributed by atoms with Crippen LogP contribution < -0.4 is 16.0 Å². The summed E-state index contributed by atoms with van der Waals surface area (Å²) in [5.41, 5.74) is 0.493. The van der Waals surface area contributed by atoms with Crippen molar-refractivity contribution in [1.29, 1.82) is 5.26 Å². The van der Waals surface area contributed by atoms with Gasteiger partial charge < -0.3 is 16.0 Å². The van der Waals surface area contributed by atoms with Crippen molar-refractivity contribution in [2.24, 2.45) is 0 Å². The summed E-state index contributed by atoms with van der Waals surface area (Å²) < 4.78 is 26.2. The van der Waals surface area contributed by atoms with Crippen LogP contribution in [0.4, 0.5) is 14.5 Å². The van der Waals surface area contributed by atoms with Gasteiger partial charge in [-0.05, 0) is 36.4 Å². The van der Waals surface area contributed by atoms with Crippen LogP contribution in [0.3, 0.4) is 0 Å². The molecular formula is C18H16F2N4O2. The lowest BCUT2D eigenvalue weighted by molar-refractivity contribution is -0.120. The molecule has 0 aliphatic rings. The predicted octanol–water partition coefficient (Wildman–Crippen LogP) is 1.79. The van der Waals surface area contributed by atoms with Crippen LogP contribution >= 0.6 is 0 Å². The number of carbonyl (C=O) groups is 2. The summed E-state index contributed by atoms with van der Waals surface area (Å²) in [5.74, 6) is -1.98. The molecule has 0 atom stereocenters. The van der Waals surface area contributed by atoms with Crippen LogP contribution in [0.5, 0.6) is 0 Å².